The van der Waals surface area contributed by atoms with Crippen LogP contribution in [-0.4, -0.2) is 59.2 Å². The number of aromatic amines is 1. The summed E-state index contributed by atoms with van der Waals surface area (Å²) in [4.78, 5) is 66.7. The molecule has 168 valence electrons. The van der Waals surface area contributed by atoms with E-state index in [9.17, 15) is 24.0 Å². The molecule has 0 unspecified atom stereocenters. The molecule has 0 fully saturated rings. The first-order valence-electron chi connectivity index (χ1n) is 10.0. The van der Waals surface area contributed by atoms with Gasteiger partial charge in [0.1, 0.15) is 6.04 Å². The Morgan fingerprint density at radius 3 is 2.09 bits per heavy atom. The number of methoxy groups -OCH3 is 1. The second kappa shape index (κ2) is 8.78. The lowest BCUT2D eigenvalue weighted by Gasteiger charge is -2.27. The van der Waals surface area contributed by atoms with Crippen LogP contribution in [0.25, 0.3) is 0 Å². The summed E-state index contributed by atoms with van der Waals surface area (Å²) in [5.41, 5.74) is 1.65. The van der Waals surface area contributed by atoms with Crippen molar-refractivity contribution in [1.82, 2.24) is 9.88 Å². The van der Waals surface area contributed by atoms with E-state index in [1.54, 1.807) is 39.8 Å². The molecule has 3 rings (SSSR count). The van der Waals surface area contributed by atoms with Crippen molar-refractivity contribution in [3.05, 3.63) is 57.9 Å². The van der Waals surface area contributed by atoms with Gasteiger partial charge >= 0.3 is 11.9 Å². The van der Waals surface area contributed by atoms with E-state index < -0.39 is 48.1 Å². The summed E-state index contributed by atoms with van der Waals surface area (Å²) in [5.74, 6) is -3.61. The number of hydrogen-bond donors (Lipinski definition) is 1. The van der Waals surface area contributed by atoms with Gasteiger partial charge in [0.25, 0.3) is 11.8 Å². The van der Waals surface area contributed by atoms with E-state index in [0.29, 0.717) is 11.3 Å². The maximum Gasteiger partial charge on any atom is 0.339 e. The van der Waals surface area contributed by atoms with E-state index in [4.69, 9.17) is 9.47 Å². The minimum atomic E-state index is -1.19. The molecule has 0 radical (unpaired) electrons. The highest BCUT2D eigenvalue weighted by Gasteiger charge is 2.44. The summed E-state index contributed by atoms with van der Waals surface area (Å²) in [6, 6.07) is 5.14. The second-order valence-electron chi connectivity index (χ2n) is 7.86. The van der Waals surface area contributed by atoms with Gasteiger partial charge in [-0.2, -0.15) is 0 Å². The molecule has 2 aromatic rings. The molecule has 0 saturated carbocycles. The topological polar surface area (TPSA) is 123 Å². The summed E-state index contributed by atoms with van der Waals surface area (Å²) in [6.07, 6.45) is 0. The fraction of sp³-hybridized carbons (Fsp3) is 0.348. The molecule has 0 spiro atoms. The van der Waals surface area contributed by atoms with Crippen molar-refractivity contribution < 1.29 is 33.4 Å². The van der Waals surface area contributed by atoms with Crippen LogP contribution in [0, 0.1) is 19.8 Å². The monoisotopic (exact) mass is 440 g/mol. The first-order valence-corrected chi connectivity index (χ1v) is 10.0. The number of H-pyrrole nitrogens is 1. The Balaban J connectivity index is 1.78. The third-order valence-corrected chi connectivity index (χ3v) is 5.43. The van der Waals surface area contributed by atoms with Crippen LogP contribution in [0.5, 0.6) is 0 Å². The number of aryl methyl sites for hydroxylation is 1. The molecule has 1 atom stereocenters. The highest BCUT2D eigenvalue weighted by Crippen LogP contribution is 2.28. The molecule has 1 aromatic carbocycles. The van der Waals surface area contributed by atoms with Crippen LogP contribution >= 0.6 is 0 Å². The van der Waals surface area contributed by atoms with Gasteiger partial charge in [-0.3, -0.25) is 19.3 Å². The van der Waals surface area contributed by atoms with Crippen molar-refractivity contribution in [3.8, 4) is 0 Å². The number of amides is 2. The van der Waals surface area contributed by atoms with Crippen molar-refractivity contribution in [1.29, 1.82) is 0 Å². The van der Waals surface area contributed by atoms with Gasteiger partial charge in [0.15, 0.2) is 6.61 Å². The van der Waals surface area contributed by atoms with Gasteiger partial charge in [0.05, 0.1) is 29.5 Å². The zero-order chi connectivity index (χ0) is 23.7. The predicted molar refractivity (Wildman–Crippen MR) is 112 cm³/mol. The molecule has 1 aromatic heterocycles. The van der Waals surface area contributed by atoms with E-state index in [-0.39, 0.29) is 22.4 Å². The van der Waals surface area contributed by atoms with Crippen LogP contribution in [0.2, 0.25) is 0 Å². The molecular formula is C23H24N2O7. The maximum absolute atomic E-state index is 12.9. The highest BCUT2D eigenvalue weighted by atomic mass is 16.5. The Morgan fingerprint density at radius 2 is 1.59 bits per heavy atom. The number of fused-ring (bicyclic) bond motifs is 1. The Hall–Kier alpha value is -3.75. The second-order valence-corrected chi connectivity index (χ2v) is 7.86. The summed E-state index contributed by atoms with van der Waals surface area (Å²) in [7, 11) is 1.24. The van der Waals surface area contributed by atoms with Crippen LogP contribution in [0.1, 0.15) is 66.7 Å². The van der Waals surface area contributed by atoms with Crippen LogP contribution in [0.3, 0.4) is 0 Å². The van der Waals surface area contributed by atoms with Crippen LogP contribution < -0.4 is 0 Å². The molecule has 32 heavy (non-hydrogen) atoms. The van der Waals surface area contributed by atoms with Gasteiger partial charge in [-0.25, -0.2) is 9.59 Å². The first kappa shape index (κ1) is 22.9. The number of carbonyl (C=O) groups is 5. The number of esters is 2. The average Bonchev–Trinajstić information content (AvgIpc) is 3.19. The Morgan fingerprint density at radius 1 is 1.03 bits per heavy atom. The van der Waals surface area contributed by atoms with Crippen LogP contribution in [-0.2, 0) is 14.3 Å². The molecule has 2 heterocycles. The van der Waals surface area contributed by atoms with Gasteiger partial charge < -0.3 is 14.5 Å². The number of Topliss-reactive ketones (excluding diaryl/α,β-unsaturated/α-hetero) is 1. The third kappa shape index (κ3) is 3.81. The summed E-state index contributed by atoms with van der Waals surface area (Å²) < 4.78 is 9.94. The molecule has 9 heteroatoms. The van der Waals surface area contributed by atoms with Gasteiger partial charge in [-0.1, -0.05) is 26.0 Å². The molecule has 1 aliphatic rings. The number of rotatable bonds is 7. The Labute approximate surface area is 184 Å². The molecule has 0 saturated heterocycles. The summed E-state index contributed by atoms with van der Waals surface area (Å²) in [5, 5.41) is 0. The van der Waals surface area contributed by atoms with Crippen molar-refractivity contribution in [3.63, 3.8) is 0 Å². The van der Waals surface area contributed by atoms with E-state index >= 15 is 0 Å². The smallest absolute Gasteiger partial charge is 0.339 e. The van der Waals surface area contributed by atoms with Crippen molar-refractivity contribution in [2.24, 2.45) is 5.92 Å². The number of aromatic nitrogens is 1. The van der Waals surface area contributed by atoms with Crippen molar-refractivity contribution in [2.75, 3.05) is 13.7 Å². The zero-order valence-corrected chi connectivity index (χ0v) is 18.5. The van der Waals surface area contributed by atoms with Crippen LogP contribution in [0.4, 0.5) is 0 Å². The normalized spacial score (nSPS) is 13.9. The predicted octanol–water partition coefficient (Wildman–Crippen LogP) is 2.46. The lowest BCUT2D eigenvalue weighted by molar-refractivity contribution is -0.148. The lowest BCUT2D eigenvalue weighted by Crippen LogP contribution is -2.49. The Bertz CT molecular complexity index is 1090. The molecular weight excluding hydrogens is 416 g/mol. The number of nitrogens with zero attached hydrogens (tertiary/aromatic N) is 1. The molecule has 0 aliphatic carbocycles. The number of carbonyl (C=O) groups excluding carboxylic acids is 5. The fourth-order valence-electron chi connectivity index (χ4n) is 3.87. The van der Waals surface area contributed by atoms with Crippen molar-refractivity contribution in [2.45, 2.75) is 33.7 Å². The average molecular weight is 440 g/mol. The maximum atomic E-state index is 12.9. The van der Waals surface area contributed by atoms with E-state index in [1.165, 1.54) is 19.2 Å². The van der Waals surface area contributed by atoms with Crippen molar-refractivity contribution >= 4 is 29.5 Å². The standard InChI is InChI=1S/C23H24N2O7/c1-11(2)19(25-20(27)14-8-6-7-9-15(14)21(25)28)23(30)32-10-16(26)18-12(3)17(13(4)24-18)22(29)31-5/h6-9,11,19,24H,10H2,1-5H3/t19-/m1/s1. The number of ketones is 1. The van der Waals surface area contributed by atoms with E-state index in [0.717, 1.165) is 4.90 Å². The number of hydrogen-bond acceptors (Lipinski definition) is 7. The van der Waals surface area contributed by atoms with Crippen LogP contribution in [0.15, 0.2) is 24.3 Å². The first-order chi connectivity index (χ1) is 15.1. The third-order valence-electron chi connectivity index (χ3n) is 5.43. The summed E-state index contributed by atoms with van der Waals surface area (Å²) in [6.45, 7) is 5.95. The number of imide groups is 1. The zero-order valence-electron chi connectivity index (χ0n) is 18.5. The largest absolute Gasteiger partial charge is 0.465 e. The molecule has 0 bridgehead atoms. The highest BCUT2D eigenvalue weighted by molar-refractivity contribution is 6.22. The quantitative estimate of drug-likeness (QED) is 0.399. The van der Waals surface area contributed by atoms with E-state index in [2.05, 4.69) is 4.98 Å². The minimum absolute atomic E-state index is 0.123. The Kier molecular flexibility index (Phi) is 6.29. The number of benzene rings is 1. The fourth-order valence-corrected chi connectivity index (χ4v) is 3.87. The van der Waals surface area contributed by atoms with Gasteiger partial charge in [-0.05, 0) is 37.5 Å². The molecule has 9 nitrogen and oxygen atoms in total. The molecule has 1 aliphatic heterocycles. The van der Waals surface area contributed by atoms with Gasteiger partial charge in [-0.15, -0.1) is 0 Å². The SMILES string of the molecule is COC(=O)c1c(C)[nH]c(C(=O)COC(=O)[C@@H](C(C)C)N2C(=O)c3ccccc3C2=O)c1C. The molecule has 2 amide bonds. The number of ether oxygens (including phenoxy) is 2. The molecule has 1 N–H and O–H groups in total. The summed E-state index contributed by atoms with van der Waals surface area (Å²) >= 11 is 0. The van der Waals surface area contributed by atoms with Gasteiger partial charge in [0, 0.05) is 5.69 Å². The number of nitrogens with one attached hydrogen (secondary N) is 1. The lowest BCUT2D eigenvalue weighted by atomic mass is 10.0. The minimum Gasteiger partial charge on any atom is -0.465 e. The van der Waals surface area contributed by atoms with Gasteiger partial charge in [0.2, 0.25) is 5.78 Å². The van der Waals surface area contributed by atoms with E-state index in [1.807, 2.05) is 0 Å².